The molecular formula is C8H16FNO2. The fraction of sp³-hybridized carbons (Fsp3) is 0.875. The van der Waals surface area contributed by atoms with Gasteiger partial charge in [0, 0.05) is 6.54 Å². The number of hydrogen-bond acceptors (Lipinski definition) is 2. The highest BCUT2D eigenvalue weighted by atomic mass is 19.1. The third-order valence-electron chi connectivity index (χ3n) is 2.42. The zero-order valence-electron chi connectivity index (χ0n) is 7.72. The van der Waals surface area contributed by atoms with Crippen LogP contribution in [0.3, 0.4) is 0 Å². The number of carbonyl (C=O) groups is 1. The maximum absolute atomic E-state index is 12.6. The van der Waals surface area contributed by atoms with Crippen LogP contribution in [0.4, 0.5) is 4.39 Å². The fourth-order valence-electron chi connectivity index (χ4n) is 1.03. The van der Waals surface area contributed by atoms with Crippen molar-refractivity contribution in [2.75, 3.05) is 13.2 Å². The molecule has 4 heteroatoms. The molecule has 3 N–H and O–H groups in total. The van der Waals surface area contributed by atoms with Crippen molar-refractivity contribution in [1.82, 2.24) is 0 Å². The fourth-order valence-corrected chi connectivity index (χ4v) is 1.03. The van der Waals surface area contributed by atoms with Crippen LogP contribution in [0.5, 0.6) is 0 Å². The summed E-state index contributed by atoms with van der Waals surface area (Å²) < 4.78 is 12.6. The number of hydrogen-bond donors (Lipinski definition) is 2. The second-order valence-corrected chi connectivity index (χ2v) is 3.98. The monoisotopic (exact) mass is 177 g/mol. The van der Waals surface area contributed by atoms with E-state index in [4.69, 9.17) is 10.8 Å². The molecule has 0 aromatic rings. The van der Waals surface area contributed by atoms with E-state index in [2.05, 4.69) is 0 Å². The average molecular weight is 177 g/mol. The number of carboxylic acid groups (broad SMARTS) is 1. The van der Waals surface area contributed by atoms with Gasteiger partial charge in [-0.3, -0.25) is 4.79 Å². The Morgan fingerprint density at radius 2 is 1.92 bits per heavy atom. The minimum Gasteiger partial charge on any atom is -0.481 e. The first-order valence-electron chi connectivity index (χ1n) is 3.81. The minimum atomic E-state index is -1.45. The molecule has 0 amide bonds. The summed E-state index contributed by atoms with van der Waals surface area (Å²) in [6, 6.07) is 0. The SMILES string of the molecule is CC(C)(C)C(CN)(CF)C(=O)O. The van der Waals surface area contributed by atoms with Crippen LogP contribution in [0.15, 0.2) is 0 Å². The molecule has 0 rings (SSSR count). The van der Waals surface area contributed by atoms with Crippen molar-refractivity contribution in [2.24, 2.45) is 16.6 Å². The molecule has 0 fully saturated rings. The first kappa shape index (κ1) is 11.4. The average Bonchev–Trinajstić information content (AvgIpc) is 1.87. The number of halogens is 1. The summed E-state index contributed by atoms with van der Waals surface area (Å²) in [5.74, 6) is -1.17. The van der Waals surface area contributed by atoms with E-state index in [9.17, 15) is 9.18 Å². The molecule has 0 saturated carbocycles. The van der Waals surface area contributed by atoms with E-state index in [0.29, 0.717) is 0 Å². The first-order valence-corrected chi connectivity index (χ1v) is 3.81. The number of alkyl halides is 1. The highest BCUT2D eigenvalue weighted by Crippen LogP contribution is 2.38. The standard InChI is InChI=1S/C8H16FNO2/c1-7(2,3)8(4-9,5-10)6(11)12/h4-5,10H2,1-3H3,(H,11,12). The molecular weight excluding hydrogens is 161 g/mol. The third kappa shape index (κ3) is 1.58. The predicted octanol–water partition coefficient (Wildman–Crippen LogP) is 1.03. The van der Waals surface area contributed by atoms with Gasteiger partial charge in [-0.25, -0.2) is 4.39 Å². The van der Waals surface area contributed by atoms with Crippen LogP contribution in [0, 0.1) is 10.8 Å². The summed E-state index contributed by atoms with van der Waals surface area (Å²) >= 11 is 0. The Bertz CT molecular complexity index is 170. The summed E-state index contributed by atoms with van der Waals surface area (Å²) in [6.45, 7) is 3.92. The van der Waals surface area contributed by atoms with E-state index in [-0.39, 0.29) is 6.54 Å². The summed E-state index contributed by atoms with van der Waals surface area (Å²) in [4.78, 5) is 10.8. The zero-order chi connectivity index (χ0) is 9.99. The number of rotatable bonds is 3. The van der Waals surface area contributed by atoms with Gasteiger partial charge in [0.15, 0.2) is 0 Å². The molecule has 1 atom stereocenters. The smallest absolute Gasteiger partial charge is 0.314 e. The molecule has 72 valence electrons. The van der Waals surface area contributed by atoms with Crippen molar-refractivity contribution in [2.45, 2.75) is 20.8 Å². The molecule has 0 aliphatic carbocycles. The molecule has 1 unspecified atom stereocenters. The van der Waals surface area contributed by atoms with Gasteiger partial charge in [-0.2, -0.15) is 0 Å². The topological polar surface area (TPSA) is 63.3 Å². The van der Waals surface area contributed by atoms with Gasteiger partial charge in [0.25, 0.3) is 0 Å². The highest BCUT2D eigenvalue weighted by molar-refractivity contribution is 5.76. The van der Waals surface area contributed by atoms with Crippen molar-refractivity contribution >= 4 is 5.97 Å². The van der Waals surface area contributed by atoms with Crippen molar-refractivity contribution in [3.63, 3.8) is 0 Å². The third-order valence-corrected chi connectivity index (χ3v) is 2.42. The molecule has 0 radical (unpaired) electrons. The quantitative estimate of drug-likeness (QED) is 0.676. The Morgan fingerprint density at radius 3 is 1.92 bits per heavy atom. The molecule has 0 bridgehead atoms. The largest absolute Gasteiger partial charge is 0.481 e. The minimum absolute atomic E-state index is 0.178. The van der Waals surface area contributed by atoms with Gasteiger partial charge >= 0.3 is 5.97 Å². The van der Waals surface area contributed by atoms with Gasteiger partial charge in [-0.15, -0.1) is 0 Å². The summed E-state index contributed by atoms with van der Waals surface area (Å²) in [5.41, 5.74) is 3.17. The van der Waals surface area contributed by atoms with Crippen molar-refractivity contribution in [3.8, 4) is 0 Å². The summed E-state index contributed by atoms with van der Waals surface area (Å²) in [6.07, 6.45) is 0. The molecule has 0 aliphatic rings. The molecule has 0 aliphatic heterocycles. The Morgan fingerprint density at radius 1 is 1.50 bits per heavy atom. The van der Waals surface area contributed by atoms with Crippen molar-refractivity contribution < 1.29 is 14.3 Å². The Hall–Kier alpha value is -0.640. The van der Waals surface area contributed by atoms with Crippen LogP contribution >= 0.6 is 0 Å². The maximum Gasteiger partial charge on any atom is 0.314 e. The Kier molecular flexibility index (Phi) is 3.21. The maximum atomic E-state index is 12.6. The van der Waals surface area contributed by atoms with Crippen LogP contribution in [0.2, 0.25) is 0 Å². The highest BCUT2D eigenvalue weighted by Gasteiger charge is 2.48. The number of nitrogens with two attached hydrogens (primary N) is 1. The number of aliphatic carboxylic acids is 1. The van der Waals surface area contributed by atoms with E-state index in [1.165, 1.54) is 0 Å². The predicted molar refractivity (Wildman–Crippen MR) is 44.6 cm³/mol. The van der Waals surface area contributed by atoms with Crippen LogP contribution in [-0.4, -0.2) is 24.3 Å². The summed E-state index contributed by atoms with van der Waals surface area (Å²) in [7, 11) is 0. The second-order valence-electron chi connectivity index (χ2n) is 3.98. The van der Waals surface area contributed by atoms with Crippen molar-refractivity contribution in [1.29, 1.82) is 0 Å². The van der Waals surface area contributed by atoms with Gasteiger partial charge in [-0.1, -0.05) is 20.8 Å². The molecule has 0 saturated heterocycles. The lowest BCUT2D eigenvalue weighted by Crippen LogP contribution is -2.50. The van der Waals surface area contributed by atoms with Crippen LogP contribution in [0.25, 0.3) is 0 Å². The molecule has 3 nitrogen and oxygen atoms in total. The zero-order valence-corrected chi connectivity index (χ0v) is 7.72. The lowest BCUT2D eigenvalue weighted by Gasteiger charge is -2.37. The van der Waals surface area contributed by atoms with Gasteiger partial charge in [0.1, 0.15) is 12.1 Å². The molecule has 0 aromatic carbocycles. The van der Waals surface area contributed by atoms with Crippen LogP contribution in [0.1, 0.15) is 20.8 Å². The van der Waals surface area contributed by atoms with Crippen LogP contribution < -0.4 is 5.73 Å². The van der Waals surface area contributed by atoms with Crippen LogP contribution in [-0.2, 0) is 4.79 Å². The first-order chi connectivity index (χ1) is 5.31. The number of carboxylic acids is 1. The van der Waals surface area contributed by atoms with Gasteiger partial charge in [-0.05, 0) is 5.41 Å². The van der Waals surface area contributed by atoms with E-state index >= 15 is 0 Å². The lowest BCUT2D eigenvalue weighted by atomic mass is 9.67. The molecule has 0 spiro atoms. The van der Waals surface area contributed by atoms with E-state index in [0.717, 1.165) is 0 Å². The normalized spacial score (nSPS) is 17.1. The molecule has 0 heterocycles. The van der Waals surface area contributed by atoms with E-state index in [1.54, 1.807) is 20.8 Å². The lowest BCUT2D eigenvalue weighted by molar-refractivity contribution is -0.156. The van der Waals surface area contributed by atoms with E-state index in [1.807, 2.05) is 0 Å². The second kappa shape index (κ2) is 3.39. The Balaban J connectivity index is 4.97. The van der Waals surface area contributed by atoms with Crippen molar-refractivity contribution in [3.05, 3.63) is 0 Å². The molecule has 12 heavy (non-hydrogen) atoms. The Labute approximate surface area is 71.8 Å². The molecule has 0 aromatic heterocycles. The summed E-state index contributed by atoms with van der Waals surface area (Å²) in [5, 5.41) is 8.84. The van der Waals surface area contributed by atoms with E-state index < -0.39 is 23.5 Å². The van der Waals surface area contributed by atoms with Gasteiger partial charge < -0.3 is 10.8 Å². The van der Waals surface area contributed by atoms with Gasteiger partial charge in [0.05, 0.1) is 0 Å². The van der Waals surface area contributed by atoms with Gasteiger partial charge in [0.2, 0.25) is 0 Å².